The smallest absolute Gasteiger partial charge is 0.0713 e. The lowest BCUT2D eigenvalue weighted by atomic mass is 9.86. The first-order chi connectivity index (χ1) is 7.04. The van der Waals surface area contributed by atoms with E-state index in [-0.39, 0.29) is 5.41 Å². The van der Waals surface area contributed by atoms with Gasteiger partial charge in [-0.2, -0.15) is 0 Å². The maximum Gasteiger partial charge on any atom is 0.0713 e. The van der Waals surface area contributed by atoms with Gasteiger partial charge in [-0.3, -0.25) is 0 Å². The fourth-order valence-corrected chi connectivity index (χ4v) is 2.48. The number of nitrogens with zero attached hydrogens (tertiary/aromatic N) is 1. The van der Waals surface area contributed by atoms with E-state index in [4.69, 9.17) is 4.74 Å². The molecule has 1 heterocycles. The Hall–Kier alpha value is -1.02. The van der Waals surface area contributed by atoms with E-state index >= 15 is 0 Å². The Balaban J connectivity index is 2.43. The number of rotatable bonds is 2. The van der Waals surface area contributed by atoms with Crippen LogP contribution in [0.25, 0.3) is 0 Å². The molecule has 1 aromatic rings. The third-order valence-electron chi connectivity index (χ3n) is 3.14. The summed E-state index contributed by atoms with van der Waals surface area (Å²) in [5.41, 5.74) is 4.33. The van der Waals surface area contributed by atoms with Crippen molar-refractivity contribution in [3.63, 3.8) is 0 Å². The van der Waals surface area contributed by atoms with Crippen molar-refractivity contribution in [2.45, 2.75) is 25.9 Å². The zero-order valence-electron chi connectivity index (χ0n) is 10.0. The van der Waals surface area contributed by atoms with Crippen LogP contribution in [0.4, 0.5) is 5.69 Å². The highest BCUT2D eigenvalue weighted by atomic mass is 16.5. The highest BCUT2D eigenvalue weighted by molar-refractivity contribution is 5.62. The van der Waals surface area contributed by atoms with E-state index in [0.29, 0.717) is 6.61 Å². The number of benzene rings is 1. The van der Waals surface area contributed by atoms with Gasteiger partial charge in [-0.1, -0.05) is 26.0 Å². The van der Waals surface area contributed by atoms with Crippen LogP contribution in [0.1, 0.15) is 25.0 Å². The van der Waals surface area contributed by atoms with Gasteiger partial charge in [0.2, 0.25) is 0 Å². The molecule has 1 aromatic carbocycles. The minimum absolute atomic E-state index is 0.258. The second kappa shape index (κ2) is 3.53. The Morgan fingerprint density at radius 3 is 2.80 bits per heavy atom. The SMILES string of the molecule is COCc1ccc2c(c1)C(C)(C)CN2C. The van der Waals surface area contributed by atoms with Crippen LogP contribution in [0, 0.1) is 0 Å². The molecule has 2 rings (SSSR count). The monoisotopic (exact) mass is 205 g/mol. The van der Waals surface area contributed by atoms with E-state index in [2.05, 4.69) is 44.0 Å². The molecule has 0 saturated heterocycles. The lowest BCUT2D eigenvalue weighted by molar-refractivity contribution is 0.185. The molecule has 82 valence electrons. The molecule has 0 amide bonds. The van der Waals surface area contributed by atoms with E-state index in [1.807, 2.05) is 0 Å². The quantitative estimate of drug-likeness (QED) is 0.735. The minimum Gasteiger partial charge on any atom is -0.380 e. The van der Waals surface area contributed by atoms with Crippen molar-refractivity contribution in [2.24, 2.45) is 0 Å². The van der Waals surface area contributed by atoms with Crippen molar-refractivity contribution >= 4 is 5.69 Å². The van der Waals surface area contributed by atoms with Crippen LogP contribution in [-0.4, -0.2) is 20.7 Å². The van der Waals surface area contributed by atoms with E-state index in [1.165, 1.54) is 16.8 Å². The molecule has 2 nitrogen and oxygen atoms in total. The van der Waals surface area contributed by atoms with Crippen LogP contribution in [0.2, 0.25) is 0 Å². The Morgan fingerprint density at radius 2 is 2.13 bits per heavy atom. The van der Waals surface area contributed by atoms with Crippen LogP contribution in [0.3, 0.4) is 0 Å². The zero-order valence-corrected chi connectivity index (χ0v) is 10.0. The summed E-state index contributed by atoms with van der Waals surface area (Å²) in [5, 5.41) is 0. The summed E-state index contributed by atoms with van der Waals surface area (Å²) in [7, 11) is 3.90. The van der Waals surface area contributed by atoms with Crippen molar-refractivity contribution in [3.8, 4) is 0 Å². The number of hydrogen-bond acceptors (Lipinski definition) is 2. The van der Waals surface area contributed by atoms with Crippen molar-refractivity contribution in [2.75, 3.05) is 25.6 Å². The molecule has 0 spiro atoms. The molecule has 0 aromatic heterocycles. The summed E-state index contributed by atoms with van der Waals surface area (Å²) >= 11 is 0. The lowest BCUT2D eigenvalue weighted by Crippen LogP contribution is -2.24. The summed E-state index contributed by atoms with van der Waals surface area (Å²) in [6.45, 7) is 6.39. The molecule has 2 heteroatoms. The van der Waals surface area contributed by atoms with E-state index in [1.54, 1.807) is 7.11 Å². The Morgan fingerprint density at radius 1 is 1.40 bits per heavy atom. The predicted octanol–water partition coefficient (Wildman–Crippen LogP) is 2.56. The van der Waals surface area contributed by atoms with Crippen molar-refractivity contribution in [1.29, 1.82) is 0 Å². The average molecular weight is 205 g/mol. The fourth-order valence-electron chi connectivity index (χ4n) is 2.48. The molecule has 0 radical (unpaired) electrons. The summed E-state index contributed by atoms with van der Waals surface area (Å²) in [5.74, 6) is 0. The first-order valence-corrected chi connectivity index (χ1v) is 5.38. The summed E-state index contributed by atoms with van der Waals surface area (Å²) < 4.78 is 5.17. The molecule has 0 saturated carbocycles. The van der Waals surface area contributed by atoms with Crippen LogP contribution >= 0.6 is 0 Å². The van der Waals surface area contributed by atoms with Gasteiger partial charge < -0.3 is 9.64 Å². The summed E-state index contributed by atoms with van der Waals surface area (Å²) in [6, 6.07) is 6.64. The maximum absolute atomic E-state index is 5.17. The number of methoxy groups -OCH3 is 1. The molecule has 1 aliphatic heterocycles. The molecule has 0 bridgehead atoms. The van der Waals surface area contributed by atoms with Gasteiger partial charge in [0.25, 0.3) is 0 Å². The summed E-state index contributed by atoms with van der Waals surface area (Å²) in [4.78, 5) is 2.33. The standard InChI is InChI=1S/C13H19NO/c1-13(2)9-14(3)12-6-5-10(8-15-4)7-11(12)13/h5-7H,8-9H2,1-4H3. The third kappa shape index (κ3) is 1.74. The fraction of sp³-hybridized carbons (Fsp3) is 0.538. The average Bonchev–Trinajstić information content (AvgIpc) is 2.38. The molecule has 0 atom stereocenters. The van der Waals surface area contributed by atoms with Gasteiger partial charge in [-0.25, -0.2) is 0 Å². The predicted molar refractivity (Wildman–Crippen MR) is 63.5 cm³/mol. The Bertz CT molecular complexity index is 371. The van der Waals surface area contributed by atoms with Crippen LogP contribution in [0.15, 0.2) is 18.2 Å². The molecular formula is C13H19NO. The van der Waals surface area contributed by atoms with E-state index in [0.717, 1.165) is 6.54 Å². The third-order valence-corrected chi connectivity index (χ3v) is 3.14. The van der Waals surface area contributed by atoms with Gasteiger partial charge in [-0.15, -0.1) is 0 Å². The van der Waals surface area contributed by atoms with Gasteiger partial charge in [0.15, 0.2) is 0 Å². The van der Waals surface area contributed by atoms with Gasteiger partial charge in [0.05, 0.1) is 6.61 Å². The number of fused-ring (bicyclic) bond motifs is 1. The topological polar surface area (TPSA) is 12.5 Å². The van der Waals surface area contributed by atoms with Crippen LogP contribution in [-0.2, 0) is 16.8 Å². The van der Waals surface area contributed by atoms with Crippen molar-refractivity contribution < 1.29 is 4.74 Å². The molecule has 0 fully saturated rings. The van der Waals surface area contributed by atoms with Gasteiger partial charge in [-0.05, 0) is 17.2 Å². The molecule has 0 aliphatic carbocycles. The van der Waals surface area contributed by atoms with Gasteiger partial charge >= 0.3 is 0 Å². The second-order valence-corrected chi connectivity index (χ2v) is 5.02. The molecular weight excluding hydrogens is 186 g/mol. The number of anilines is 1. The second-order valence-electron chi connectivity index (χ2n) is 5.02. The highest BCUT2D eigenvalue weighted by Gasteiger charge is 2.33. The first kappa shape index (κ1) is 10.5. The lowest BCUT2D eigenvalue weighted by Gasteiger charge is -2.18. The normalized spacial score (nSPS) is 18.0. The highest BCUT2D eigenvalue weighted by Crippen LogP contribution is 2.39. The van der Waals surface area contributed by atoms with E-state index < -0.39 is 0 Å². The Kier molecular flexibility index (Phi) is 2.47. The molecule has 0 N–H and O–H groups in total. The largest absolute Gasteiger partial charge is 0.380 e. The minimum atomic E-state index is 0.258. The molecule has 0 unspecified atom stereocenters. The Labute approximate surface area is 91.9 Å². The van der Waals surface area contributed by atoms with Crippen molar-refractivity contribution in [1.82, 2.24) is 0 Å². The van der Waals surface area contributed by atoms with Crippen LogP contribution in [0.5, 0.6) is 0 Å². The van der Waals surface area contributed by atoms with Crippen molar-refractivity contribution in [3.05, 3.63) is 29.3 Å². The zero-order chi connectivity index (χ0) is 11.1. The number of ether oxygens (including phenoxy) is 1. The maximum atomic E-state index is 5.17. The first-order valence-electron chi connectivity index (χ1n) is 5.38. The van der Waals surface area contributed by atoms with E-state index in [9.17, 15) is 0 Å². The van der Waals surface area contributed by atoms with Gasteiger partial charge in [0, 0.05) is 31.8 Å². The molecule has 1 aliphatic rings. The van der Waals surface area contributed by atoms with Crippen LogP contribution < -0.4 is 4.90 Å². The number of likely N-dealkylation sites (N-methyl/N-ethyl adjacent to an activating group) is 1. The van der Waals surface area contributed by atoms with Gasteiger partial charge in [0.1, 0.15) is 0 Å². The summed E-state index contributed by atoms with van der Waals surface area (Å²) in [6.07, 6.45) is 0. The molecule has 15 heavy (non-hydrogen) atoms. The number of hydrogen-bond donors (Lipinski definition) is 0.